The molecule has 1 aromatic carbocycles. The highest BCUT2D eigenvalue weighted by atomic mass is 15.2. The van der Waals surface area contributed by atoms with Crippen LogP contribution in [0.2, 0.25) is 0 Å². The van der Waals surface area contributed by atoms with Crippen molar-refractivity contribution in [1.29, 1.82) is 0 Å². The fourth-order valence-electron chi connectivity index (χ4n) is 2.21. The molecule has 3 aromatic rings. The molecule has 2 aromatic heterocycles. The summed E-state index contributed by atoms with van der Waals surface area (Å²) in [6, 6.07) is 10.2. The largest absolute Gasteiger partial charge is 0.308 e. The minimum absolute atomic E-state index is 0.720. The summed E-state index contributed by atoms with van der Waals surface area (Å²) in [5.41, 5.74) is 3.70. The summed E-state index contributed by atoms with van der Waals surface area (Å²) in [5, 5.41) is 0. The smallest absolute Gasteiger partial charge is 0.198 e. The Morgan fingerprint density at radius 1 is 1.05 bits per heavy atom. The first-order chi connectivity index (χ1) is 9.33. The summed E-state index contributed by atoms with van der Waals surface area (Å²) in [6.45, 7) is 5.02. The van der Waals surface area contributed by atoms with Crippen molar-refractivity contribution in [2.75, 3.05) is 0 Å². The van der Waals surface area contributed by atoms with Gasteiger partial charge in [0.25, 0.3) is 0 Å². The molecule has 0 aliphatic carbocycles. The number of fused-ring (bicyclic) bond motifs is 1. The Bertz CT molecular complexity index is 701. The van der Waals surface area contributed by atoms with E-state index in [1.165, 1.54) is 0 Å². The first-order valence-electron chi connectivity index (χ1n) is 6.61. The van der Waals surface area contributed by atoms with Gasteiger partial charge in [0.15, 0.2) is 11.3 Å². The van der Waals surface area contributed by atoms with Crippen molar-refractivity contribution in [3.63, 3.8) is 0 Å². The minimum Gasteiger partial charge on any atom is -0.308 e. The quantitative estimate of drug-likeness (QED) is 0.719. The number of hydrogen-bond donors (Lipinski definition) is 0. The SMILES string of the molecule is CCc1cnc2nc(-c3ccccc3)n(CC)c2n1. The number of hydrogen-bond acceptors (Lipinski definition) is 3. The maximum absolute atomic E-state index is 4.65. The molecular weight excluding hydrogens is 236 g/mol. The summed E-state index contributed by atoms with van der Waals surface area (Å²) in [4.78, 5) is 13.7. The van der Waals surface area contributed by atoms with E-state index < -0.39 is 0 Å². The van der Waals surface area contributed by atoms with Gasteiger partial charge in [0, 0.05) is 12.1 Å². The molecule has 0 aliphatic rings. The highest BCUT2D eigenvalue weighted by Gasteiger charge is 2.13. The molecule has 0 spiro atoms. The van der Waals surface area contributed by atoms with Crippen molar-refractivity contribution in [2.45, 2.75) is 26.8 Å². The van der Waals surface area contributed by atoms with Gasteiger partial charge >= 0.3 is 0 Å². The number of nitrogens with zero attached hydrogens (tertiary/aromatic N) is 4. The maximum Gasteiger partial charge on any atom is 0.198 e. The molecule has 4 nitrogen and oxygen atoms in total. The van der Waals surface area contributed by atoms with Gasteiger partial charge in [-0.3, -0.25) is 0 Å². The van der Waals surface area contributed by atoms with Gasteiger partial charge in [0.1, 0.15) is 5.82 Å². The van der Waals surface area contributed by atoms with Crippen LogP contribution < -0.4 is 0 Å². The molecule has 3 rings (SSSR count). The van der Waals surface area contributed by atoms with Crippen LogP contribution in [0.25, 0.3) is 22.7 Å². The lowest BCUT2D eigenvalue weighted by molar-refractivity contribution is 0.783. The minimum atomic E-state index is 0.720. The molecule has 0 saturated heterocycles. The summed E-state index contributed by atoms with van der Waals surface area (Å²) < 4.78 is 2.12. The molecule has 0 unspecified atom stereocenters. The highest BCUT2D eigenvalue weighted by Crippen LogP contribution is 2.22. The van der Waals surface area contributed by atoms with Crippen LogP contribution in [0.1, 0.15) is 19.5 Å². The molecule has 4 heteroatoms. The Labute approximate surface area is 112 Å². The van der Waals surface area contributed by atoms with E-state index >= 15 is 0 Å². The van der Waals surface area contributed by atoms with E-state index in [1.807, 2.05) is 24.4 Å². The Kier molecular flexibility index (Phi) is 2.99. The van der Waals surface area contributed by atoms with Crippen LogP contribution in [0.5, 0.6) is 0 Å². The van der Waals surface area contributed by atoms with Crippen LogP contribution in [0.4, 0.5) is 0 Å². The van der Waals surface area contributed by atoms with Crippen molar-refractivity contribution in [3.8, 4) is 11.4 Å². The van der Waals surface area contributed by atoms with E-state index in [1.54, 1.807) is 0 Å². The van der Waals surface area contributed by atoms with E-state index in [0.29, 0.717) is 0 Å². The van der Waals surface area contributed by atoms with E-state index in [4.69, 9.17) is 0 Å². The van der Waals surface area contributed by atoms with Gasteiger partial charge in [-0.25, -0.2) is 15.0 Å². The third kappa shape index (κ3) is 1.99. The fraction of sp³-hybridized carbons (Fsp3) is 0.267. The zero-order valence-electron chi connectivity index (χ0n) is 11.2. The van der Waals surface area contributed by atoms with Gasteiger partial charge in [-0.05, 0) is 13.3 Å². The second kappa shape index (κ2) is 4.80. The normalized spacial score (nSPS) is 11.1. The Morgan fingerprint density at radius 3 is 2.53 bits per heavy atom. The molecule has 0 N–H and O–H groups in total. The first-order valence-corrected chi connectivity index (χ1v) is 6.61. The molecular formula is C15H16N4. The molecule has 2 heterocycles. The summed E-state index contributed by atoms with van der Waals surface area (Å²) in [7, 11) is 0. The van der Waals surface area contributed by atoms with Crippen LogP contribution in [-0.4, -0.2) is 19.5 Å². The predicted octanol–water partition coefficient (Wildman–Crippen LogP) is 3.08. The summed E-state index contributed by atoms with van der Waals surface area (Å²) >= 11 is 0. The average Bonchev–Trinajstić information content (AvgIpc) is 2.85. The lowest BCUT2D eigenvalue weighted by Gasteiger charge is -2.05. The molecule has 96 valence electrons. The Balaban J connectivity index is 2.26. The molecule has 0 bridgehead atoms. The summed E-state index contributed by atoms with van der Waals surface area (Å²) in [5.74, 6) is 0.936. The molecule has 0 atom stereocenters. The number of aromatic nitrogens is 4. The molecule has 0 fully saturated rings. The Hall–Kier alpha value is -2.23. The third-order valence-electron chi connectivity index (χ3n) is 3.22. The van der Waals surface area contributed by atoms with Crippen LogP contribution in [-0.2, 0) is 13.0 Å². The number of aryl methyl sites for hydroxylation is 2. The van der Waals surface area contributed by atoms with Crippen LogP contribution in [0.3, 0.4) is 0 Å². The van der Waals surface area contributed by atoms with Crippen LogP contribution >= 0.6 is 0 Å². The topological polar surface area (TPSA) is 43.6 Å². The van der Waals surface area contributed by atoms with Crippen molar-refractivity contribution in [1.82, 2.24) is 19.5 Å². The average molecular weight is 252 g/mol. The monoisotopic (exact) mass is 252 g/mol. The standard InChI is InChI=1S/C15H16N4/c1-3-12-10-16-13-15(17-12)19(4-2)14(18-13)11-8-6-5-7-9-11/h5-10H,3-4H2,1-2H3. The van der Waals surface area contributed by atoms with Crippen LogP contribution in [0.15, 0.2) is 36.5 Å². The van der Waals surface area contributed by atoms with E-state index in [2.05, 4.69) is 45.5 Å². The van der Waals surface area contributed by atoms with Gasteiger partial charge in [-0.2, -0.15) is 0 Å². The number of imidazole rings is 1. The van der Waals surface area contributed by atoms with Gasteiger partial charge in [0.05, 0.1) is 11.9 Å². The second-order valence-electron chi connectivity index (χ2n) is 4.41. The fourth-order valence-corrected chi connectivity index (χ4v) is 2.21. The molecule has 19 heavy (non-hydrogen) atoms. The first kappa shape index (κ1) is 11.8. The van der Waals surface area contributed by atoms with Gasteiger partial charge < -0.3 is 4.57 Å². The molecule has 0 radical (unpaired) electrons. The molecule has 0 amide bonds. The predicted molar refractivity (Wildman–Crippen MR) is 75.8 cm³/mol. The van der Waals surface area contributed by atoms with E-state index in [9.17, 15) is 0 Å². The van der Waals surface area contributed by atoms with E-state index in [-0.39, 0.29) is 0 Å². The van der Waals surface area contributed by atoms with Crippen molar-refractivity contribution in [3.05, 3.63) is 42.2 Å². The number of rotatable bonds is 3. The molecule has 0 aliphatic heterocycles. The number of benzene rings is 1. The van der Waals surface area contributed by atoms with Crippen LogP contribution in [0, 0.1) is 0 Å². The third-order valence-corrected chi connectivity index (χ3v) is 3.22. The zero-order valence-corrected chi connectivity index (χ0v) is 11.2. The van der Waals surface area contributed by atoms with Gasteiger partial charge in [-0.1, -0.05) is 37.3 Å². The maximum atomic E-state index is 4.65. The van der Waals surface area contributed by atoms with Crippen molar-refractivity contribution in [2.24, 2.45) is 0 Å². The van der Waals surface area contributed by atoms with Crippen molar-refractivity contribution < 1.29 is 0 Å². The Morgan fingerprint density at radius 2 is 1.84 bits per heavy atom. The van der Waals surface area contributed by atoms with Crippen molar-refractivity contribution >= 4 is 11.3 Å². The summed E-state index contributed by atoms with van der Waals surface area (Å²) in [6.07, 6.45) is 2.70. The van der Waals surface area contributed by atoms with Gasteiger partial charge in [-0.15, -0.1) is 0 Å². The zero-order chi connectivity index (χ0) is 13.2. The highest BCUT2D eigenvalue weighted by molar-refractivity contribution is 5.73. The van der Waals surface area contributed by atoms with Gasteiger partial charge in [0.2, 0.25) is 0 Å². The lowest BCUT2D eigenvalue weighted by Crippen LogP contribution is -2.00. The second-order valence-corrected chi connectivity index (χ2v) is 4.41. The lowest BCUT2D eigenvalue weighted by atomic mass is 10.2. The van der Waals surface area contributed by atoms with E-state index in [0.717, 1.165) is 41.3 Å². The molecule has 0 saturated carbocycles.